The van der Waals surface area contributed by atoms with Crippen LogP contribution in [0.2, 0.25) is 5.02 Å². The molecular formula is C19H19ClN2O2. The number of carbonyl (C=O) groups is 2. The van der Waals surface area contributed by atoms with Crippen LogP contribution in [-0.4, -0.2) is 11.8 Å². The van der Waals surface area contributed by atoms with Gasteiger partial charge < -0.3 is 10.6 Å². The lowest BCUT2D eigenvalue weighted by molar-refractivity contribution is -0.117. The van der Waals surface area contributed by atoms with E-state index in [4.69, 9.17) is 11.6 Å². The highest BCUT2D eigenvalue weighted by atomic mass is 35.5. The summed E-state index contributed by atoms with van der Waals surface area (Å²) in [5.74, 6) is 0.0985. The van der Waals surface area contributed by atoms with Crippen molar-refractivity contribution < 1.29 is 9.59 Å². The average Bonchev–Trinajstić information content (AvgIpc) is 3.38. The predicted molar refractivity (Wildman–Crippen MR) is 96.3 cm³/mol. The third-order valence-electron chi connectivity index (χ3n) is 4.09. The molecule has 1 aliphatic rings. The number of hydrogen-bond donors (Lipinski definition) is 2. The molecule has 0 atom stereocenters. The highest BCUT2D eigenvalue weighted by Crippen LogP contribution is 2.31. The lowest BCUT2D eigenvalue weighted by atomic mass is 10.1. The summed E-state index contributed by atoms with van der Waals surface area (Å²) in [4.78, 5) is 24.2. The van der Waals surface area contributed by atoms with Crippen molar-refractivity contribution in [2.24, 2.45) is 5.92 Å². The van der Waals surface area contributed by atoms with Crippen LogP contribution in [0, 0.1) is 12.8 Å². The van der Waals surface area contributed by atoms with Gasteiger partial charge in [-0.3, -0.25) is 9.59 Å². The van der Waals surface area contributed by atoms with Crippen LogP contribution in [0.25, 0.3) is 0 Å². The van der Waals surface area contributed by atoms with Gasteiger partial charge in [-0.2, -0.15) is 0 Å². The third kappa shape index (κ3) is 4.15. The van der Waals surface area contributed by atoms with E-state index in [9.17, 15) is 9.59 Å². The van der Waals surface area contributed by atoms with Gasteiger partial charge in [0.05, 0.1) is 6.42 Å². The van der Waals surface area contributed by atoms with Gasteiger partial charge >= 0.3 is 0 Å². The first-order valence-electron chi connectivity index (χ1n) is 7.97. The normalized spacial score (nSPS) is 13.4. The standard InChI is InChI=1S/C19H19ClN2O2/c1-12-16(3-2-4-17(12)22-19(24)14-7-8-14)21-18(23)11-13-5-9-15(20)10-6-13/h2-6,9-10,14H,7-8,11H2,1H3,(H,21,23)(H,22,24). The minimum absolute atomic E-state index is 0.0581. The van der Waals surface area contributed by atoms with Crippen molar-refractivity contribution in [2.75, 3.05) is 10.6 Å². The van der Waals surface area contributed by atoms with E-state index in [2.05, 4.69) is 10.6 Å². The molecule has 0 unspecified atom stereocenters. The van der Waals surface area contributed by atoms with Crippen LogP contribution >= 0.6 is 11.6 Å². The minimum atomic E-state index is -0.105. The number of hydrogen-bond acceptors (Lipinski definition) is 2. The molecule has 0 heterocycles. The van der Waals surface area contributed by atoms with Crippen molar-refractivity contribution in [2.45, 2.75) is 26.2 Å². The van der Waals surface area contributed by atoms with Crippen molar-refractivity contribution in [1.29, 1.82) is 0 Å². The number of carbonyl (C=O) groups excluding carboxylic acids is 2. The van der Waals surface area contributed by atoms with Gasteiger partial charge in [-0.1, -0.05) is 29.8 Å². The number of amides is 2. The Balaban J connectivity index is 1.66. The van der Waals surface area contributed by atoms with Gasteiger partial charge in [-0.05, 0) is 55.2 Å². The average molecular weight is 343 g/mol. The van der Waals surface area contributed by atoms with E-state index in [1.807, 2.05) is 37.3 Å². The lowest BCUT2D eigenvalue weighted by Crippen LogP contribution is -2.17. The van der Waals surface area contributed by atoms with Crippen LogP contribution in [0.3, 0.4) is 0 Å². The molecule has 0 radical (unpaired) electrons. The Morgan fingerprint density at radius 1 is 1.04 bits per heavy atom. The second-order valence-electron chi connectivity index (χ2n) is 6.09. The SMILES string of the molecule is Cc1c(NC(=O)Cc2ccc(Cl)cc2)cccc1NC(=O)C1CC1. The molecule has 5 heteroatoms. The van der Waals surface area contributed by atoms with E-state index >= 15 is 0 Å². The topological polar surface area (TPSA) is 58.2 Å². The molecule has 4 nitrogen and oxygen atoms in total. The summed E-state index contributed by atoms with van der Waals surface area (Å²) in [6.07, 6.45) is 2.19. The second-order valence-corrected chi connectivity index (χ2v) is 6.53. The molecule has 2 aromatic carbocycles. The Morgan fingerprint density at radius 2 is 1.67 bits per heavy atom. The zero-order chi connectivity index (χ0) is 17.1. The van der Waals surface area contributed by atoms with Crippen molar-refractivity contribution in [3.8, 4) is 0 Å². The molecule has 124 valence electrons. The molecule has 2 N–H and O–H groups in total. The summed E-state index contributed by atoms with van der Waals surface area (Å²) >= 11 is 5.85. The van der Waals surface area contributed by atoms with E-state index in [1.165, 1.54) is 0 Å². The molecule has 0 bridgehead atoms. The molecule has 0 aromatic heterocycles. The van der Waals surface area contributed by atoms with Gasteiger partial charge in [0.15, 0.2) is 0 Å². The Morgan fingerprint density at radius 3 is 2.29 bits per heavy atom. The summed E-state index contributed by atoms with van der Waals surface area (Å²) in [5, 5.41) is 6.49. The smallest absolute Gasteiger partial charge is 0.228 e. The molecule has 0 saturated heterocycles. The number of anilines is 2. The molecule has 1 saturated carbocycles. The van der Waals surface area contributed by atoms with Crippen LogP contribution in [0.1, 0.15) is 24.0 Å². The summed E-state index contributed by atoms with van der Waals surface area (Å²) in [6, 6.07) is 12.7. The highest BCUT2D eigenvalue weighted by molar-refractivity contribution is 6.30. The third-order valence-corrected chi connectivity index (χ3v) is 4.34. The molecule has 0 aliphatic heterocycles. The van der Waals surface area contributed by atoms with Crippen LogP contribution in [0.15, 0.2) is 42.5 Å². The van der Waals surface area contributed by atoms with Gasteiger partial charge in [-0.25, -0.2) is 0 Å². The van der Waals surface area contributed by atoms with Crippen LogP contribution in [-0.2, 0) is 16.0 Å². The summed E-state index contributed by atoms with van der Waals surface area (Å²) in [6.45, 7) is 1.89. The van der Waals surface area contributed by atoms with Crippen LogP contribution in [0.4, 0.5) is 11.4 Å². The zero-order valence-electron chi connectivity index (χ0n) is 13.4. The largest absolute Gasteiger partial charge is 0.326 e. The fourth-order valence-corrected chi connectivity index (χ4v) is 2.59. The van der Waals surface area contributed by atoms with E-state index in [-0.39, 0.29) is 24.2 Å². The molecule has 1 aliphatic carbocycles. The summed E-state index contributed by atoms with van der Waals surface area (Å²) in [5.41, 5.74) is 3.21. The summed E-state index contributed by atoms with van der Waals surface area (Å²) < 4.78 is 0. The van der Waals surface area contributed by atoms with Gasteiger partial charge in [0, 0.05) is 22.3 Å². The second kappa shape index (κ2) is 7.05. The number of benzene rings is 2. The Labute approximate surface area is 146 Å². The van der Waals surface area contributed by atoms with E-state index < -0.39 is 0 Å². The Hall–Kier alpha value is -2.33. The maximum absolute atomic E-state index is 12.2. The molecule has 1 fully saturated rings. The maximum atomic E-state index is 12.2. The molecule has 24 heavy (non-hydrogen) atoms. The first-order chi connectivity index (χ1) is 11.5. The number of nitrogens with one attached hydrogen (secondary N) is 2. The van der Waals surface area contributed by atoms with E-state index in [0.717, 1.165) is 29.7 Å². The monoisotopic (exact) mass is 342 g/mol. The van der Waals surface area contributed by atoms with Gasteiger partial charge in [-0.15, -0.1) is 0 Å². The van der Waals surface area contributed by atoms with E-state index in [0.29, 0.717) is 10.7 Å². The van der Waals surface area contributed by atoms with Gasteiger partial charge in [0.25, 0.3) is 0 Å². The first-order valence-corrected chi connectivity index (χ1v) is 8.35. The zero-order valence-corrected chi connectivity index (χ0v) is 14.2. The maximum Gasteiger partial charge on any atom is 0.228 e. The minimum Gasteiger partial charge on any atom is -0.326 e. The number of halogens is 1. The van der Waals surface area contributed by atoms with Gasteiger partial charge in [0.2, 0.25) is 11.8 Å². The molecule has 0 spiro atoms. The Kier molecular flexibility index (Phi) is 4.86. The van der Waals surface area contributed by atoms with Crippen molar-refractivity contribution in [3.63, 3.8) is 0 Å². The van der Waals surface area contributed by atoms with Gasteiger partial charge in [0.1, 0.15) is 0 Å². The first kappa shape index (κ1) is 16.5. The van der Waals surface area contributed by atoms with Crippen molar-refractivity contribution in [3.05, 3.63) is 58.6 Å². The fraction of sp³-hybridized carbons (Fsp3) is 0.263. The van der Waals surface area contributed by atoms with Crippen LogP contribution in [0.5, 0.6) is 0 Å². The fourth-order valence-electron chi connectivity index (χ4n) is 2.47. The Bertz CT molecular complexity index is 767. The molecule has 3 rings (SSSR count). The van der Waals surface area contributed by atoms with Crippen molar-refractivity contribution in [1.82, 2.24) is 0 Å². The molecular weight excluding hydrogens is 324 g/mol. The number of rotatable bonds is 5. The van der Waals surface area contributed by atoms with E-state index in [1.54, 1.807) is 12.1 Å². The highest BCUT2D eigenvalue weighted by Gasteiger charge is 2.29. The molecule has 2 aromatic rings. The summed E-state index contributed by atoms with van der Waals surface area (Å²) in [7, 11) is 0. The van der Waals surface area contributed by atoms with Crippen molar-refractivity contribution >= 4 is 34.8 Å². The van der Waals surface area contributed by atoms with Crippen LogP contribution < -0.4 is 10.6 Å². The molecule has 2 amide bonds. The quantitative estimate of drug-likeness (QED) is 0.856. The lowest BCUT2D eigenvalue weighted by Gasteiger charge is -2.13. The predicted octanol–water partition coefficient (Wildman–Crippen LogP) is 4.18.